The molecule has 0 bridgehead atoms. The molecular weight excluding hydrogens is 231 g/mol. The number of hydrogen-bond donors (Lipinski definition) is 0. The van der Waals surface area contributed by atoms with Gasteiger partial charge in [-0.3, -0.25) is 0 Å². The van der Waals surface area contributed by atoms with E-state index in [2.05, 4.69) is 15.9 Å². The highest BCUT2D eigenvalue weighted by atomic mass is 79.9. The second kappa shape index (κ2) is 2.17. The van der Waals surface area contributed by atoms with Gasteiger partial charge in [-0.15, -0.1) is 0 Å². The predicted molar refractivity (Wildman–Crippen MR) is 53.6 cm³/mol. The molecule has 0 N–H and O–H groups in total. The van der Waals surface area contributed by atoms with Crippen molar-refractivity contribution in [3.8, 4) is 0 Å². The van der Waals surface area contributed by atoms with E-state index in [0.717, 1.165) is 18.4 Å². The molecule has 2 heteroatoms. The zero-order valence-corrected chi connectivity index (χ0v) is 8.72. The fraction of sp³-hybridized carbons (Fsp3) is 0.455. The Balaban J connectivity index is 1.98. The maximum Gasteiger partial charge on any atom is 0.178 e. The average Bonchev–Trinajstić information content (AvgIpc) is 2.95. The Labute approximate surface area is 85.3 Å². The Morgan fingerprint density at radius 1 is 1.23 bits per heavy atom. The Morgan fingerprint density at radius 2 is 1.85 bits per heavy atom. The van der Waals surface area contributed by atoms with Gasteiger partial charge in [0.2, 0.25) is 0 Å². The van der Waals surface area contributed by atoms with Crippen molar-refractivity contribution in [1.29, 1.82) is 0 Å². The summed E-state index contributed by atoms with van der Waals surface area (Å²) in [5, 5.41) is 0. The summed E-state index contributed by atoms with van der Waals surface area (Å²) in [4.78, 5) is 0. The molecule has 0 aromatic heterocycles. The maximum absolute atomic E-state index is 13.9. The molecular formula is C11H10BrF. The fourth-order valence-electron chi connectivity index (χ4n) is 2.44. The zero-order chi connectivity index (χ0) is 9.10. The Hall–Kier alpha value is -0.370. The van der Waals surface area contributed by atoms with Crippen LogP contribution in [0.25, 0.3) is 0 Å². The summed E-state index contributed by atoms with van der Waals surface area (Å²) in [5.41, 5.74) is 1.10. The molecule has 2 aliphatic carbocycles. The van der Waals surface area contributed by atoms with E-state index in [1.54, 1.807) is 0 Å². The third kappa shape index (κ3) is 0.850. The third-order valence-corrected chi connectivity index (χ3v) is 4.66. The van der Waals surface area contributed by atoms with Crippen molar-refractivity contribution >= 4 is 15.9 Å². The van der Waals surface area contributed by atoms with Crippen molar-refractivity contribution in [1.82, 2.24) is 0 Å². The lowest BCUT2D eigenvalue weighted by Crippen LogP contribution is -1.90. The van der Waals surface area contributed by atoms with Crippen LogP contribution in [0.2, 0.25) is 0 Å². The summed E-state index contributed by atoms with van der Waals surface area (Å²) in [6.45, 7) is 0. The van der Waals surface area contributed by atoms with Gasteiger partial charge in [0.15, 0.2) is 4.58 Å². The third-order valence-electron chi connectivity index (χ3n) is 3.42. The van der Waals surface area contributed by atoms with Gasteiger partial charge in [0.05, 0.1) is 0 Å². The first kappa shape index (κ1) is 7.98. The Bertz CT molecular complexity index is 336. The largest absolute Gasteiger partial charge is 0.230 e. The first-order chi connectivity index (χ1) is 6.18. The molecule has 2 aliphatic rings. The molecule has 1 aromatic carbocycles. The number of rotatable bonds is 1. The van der Waals surface area contributed by atoms with E-state index in [-0.39, 0.29) is 11.3 Å². The van der Waals surface area contributed by atoms with Crippen LogP contribution in [-0.2, 0) is 0 Å². The second-order valence-corrected chi connectivity index (χ2v) is 5.28. The monoisotopic (exact) mass is 240 g/mol. The van der Waals surface area contributed by atoms with Gasteiger partial charge in [-0.2, -0.15) is 0 Å². The summed E-state index contributed by atoms with van der Waals surface area (Å²) in [6, 6.07) is 9.97. The highest BCUT2D eigenvalue weighted by Gasteiger charge is 2.83. The number of benzene rings is 1. The van der Waals surface area contributed by atoms with Crippen LogP contribution in [0.3, 0.4) is 0 Å². The molecule has 2 atom stereocenters. The van der Waals surface area contributed by atoms with Crippen molar-refractivity contribution in [2.75, 3.05) is 0 Å². The van der Waals surface area contributed by atoms with Crippen LogP contribution < -0.4 is 0 Å². The van der Waals surface area contributed by atoms with Crippen molar-refractivity contribution in [3.05, 3.63) is 35.9 Å². The smallest absolute Gasteiger partial charge is 0.178 e. The molecule has 0 nitrogen and oxygen atoms in total. The molecule has 2 fully saturated rings. The van der Waals surface area contributed by atoms with Crippen LogP contribution >= 0.6 is 15.9 Å². The molecule has 0 radical (unpaired) electrons. The summed E-state index contributed by atoms with van der Waals surface area (Å²) in [7, 11) is 0. The maximum atomic E-state index is 13.9. The van der Waals surface area contributed by atoms with Crippen LogP contribution in [0, 0.1) is 5.41 Å². The van der Waals surface area contributed by atoms with Crippen LogP contribution in [0.4, 0.5) is 4.39 Å². The molecule has 0 saturated heterocycles. The van der Waals surface area contributed by atoms with Crippen molar-refractivity contribution in [2.24, 2.45) is 5.41 Å². The van der Waals surface area contributed by atoms with Gasteiger partial charge in [0.25, 0.3) is 0 Å². The van der Waals surface area contributed by atoms with Crippen LogP contribution in [-0.4, -0.2) is 4.58 Å². The second-order valence-electron chi connectivity index (χ2n) is 4.12. The predicted octanol–water partition coefficient (Wildman–Crippen LogP) is 3.62. The van der Waals surface area contributed by atoms with Gasteiger partial charge in [0, 0.05) is 11.3 Å². The summed E-state index contributed by atoms with van der Waals surface area (Å²) in [6.07, 6.45) is 2.07. The van der Waals surface area contributed by atoms with E-state index >= 15 is 0 Å². The lowest BCUT2D eigenvalue weighted by atomic mass is 10.1. The molecule has 1 aromatic rings. The highest BCUT2D eigenvalue weighted by molar-refractivity contribution is 9.10. The number of halogens is 2. The summed E-state index contributed by atoms with van der Waals surface area (Å²) < 4.78 is 12.8. The first-order valence-corrected chi connectivity index (χ1v) is 5.40. The van der Waals surface area contributed by atoms with E-state index in [0.29, 0.717) is 0 Å². The summed E-state index contributed by atoms with van der Waals surface area (Å²) >= 11 is 3.21. The first-order valence-electron chi connectivity index (χ1n) is 4.61. The van der Waals surface area contributed by atoms with Gasteiger partial charge in [-0.05, 0) is 34.3 Å². The van der Waals surface area contributed by atoms with Crippen LogP contribution in [0.5, 0.6) is 0 Å². The quantitative estimate of drug-likeness (QED) is 0.658. The highest BCUT2D eigenvalue weighted by Crippen LogP contribution is 2.85. The topological polar surface area (TPSA) is 0 Å². The van der Waals surface area contributed by atoms with E-state index in [1.165, 1.54) is 0 Å². The molecule has 0 aliphatic heterocycles. The number of hydrogen-bond acceptors (Lipinski definition) is 0. The standard InChI is InChI=1S/C11H10BrF/c12-11(13)9(10(11)6-7-10)8-4-2-1-3-5-8/h1-5,9H,6-7H2. The van der Waals surface area contributed by atoms with Crippen LogP contribution in [0.1, 0.15) is 24.3 Å². The summed E-state index contributed by atoms with van der Waals surface area (Å²) in [5.74, 6) is 0.0983. The lowest BCUT2D eigenvalue weighted by Gasteiger charge is -1.97. The Morgan fingerprint density at radius 3 is 2.31 bits per heavy atom. The van der Waals surface area contributed by atoms with Gasteiger partial charge in [-0.25, -0.2) is 4.39 Å². The minimum atomic E-state index is -1.11. The Kier molecular flexibility index (Phi) is 1.33. The number of alkyl halides is 2. The van der Waals surface area contributed by atoms with E-state index in [4.69, 9.17) is 0 Å². The normalized spacial score (nSPS) is 39.1. The van der Waals surface area contributed by atoms with E-state index in [1.807, 2.05) is 30.3 Å². The van der Waals surface area contributed by atoms with Crippen molar-refractivity contribution in [2.45, 2.75) is 23.3 Å². The molecule has 2 unspecified atom stereocenters. The minimum absolute atomic E-state index is 0.0334. The molecule has 68 valence electrons. The molecule has 1 spiro atoms. The molecule has 0 amide bonds. The van der Waals surface area contributed by atoms with Gasteiger partial charge in [-0.1, -0.05) is 30.3 Å². The van der Waals surface area contributed by atoms with Crippen molar-refractivity contribution in [3.63, 3.8) is 0 Å². The van der Waals surface area contributed by atoms with Crippen molar-refractivity contribution < 1.29 is 4.39 Å². The van der Waals surface area contributed by atoms with Crippen LogP contribution in [0.15, 0.2) is 30.3 Å². The fourth-order valence-corrected chi connectivity index (χ4v) is 3.65. The molecule has 2 saturated carbocycles. The molecule has 13 heavy (non-hydrogen) atoms. The van der Waals surface area contributed by atoms with E-state index in [9.17, 15) is 4.39 Å². The lowest BCUT2D eigenvalue weighted by molar-refractivity contribution is 0.403. The average molecular weight is 241 g/mol. The van der Waals surface area contributed by atoms with Gasteiger partial charge < -0.3 is 0 Å². The van der Waals surface area contributed by atoms with E-state index < -0.39 is 4.58 Å². The molecule has 0 heterocycles. The SMILES string of the molecule is FC1(Br)C(c2ccccc2)C12CC2. The minimum Gasteiger partial charge on any atom is -0.230 e. The zero-order valence-electron chi connectivity index (χ0n) is 7.13. The van der Waals surface area contributed by atoms with Gasteiger partial charge in [0.1, 0.15) is 0 Å². The van der Waals surface area contributed by atoms with Gasteiger partial charge >= 0.3 is 0 Å². The molecule has 3 rings (SSSR count).